The minimum atomic E-state index is -0.851. The van der Waals surface area contributed by atoms with Gasteiger partial charge in [0.2, 0.25) is 0 Å². The van der Waals surface area contributed by atoms with Gasteiger partial charge in [0.1, 0.15) is 17.6 Å². The molecule has 2 rings (SSSR count). The molecule has 3 nitrogen and oxygen atoms in total. The average Bonchev–Trinajstić information content (AvgIpc) is 2.24. The van der Waals surface area contributed by atoms with Crippen molar-refractivity contribution in [1.82, 2.24) is 0 Å². The Bertz CT molecular complexity index is 449. The molecular weight excluding hydrogens is 284 g/mol. The van der Waals surface area contributed by atoms with Gasteiger partial charge in [-0.05, 0) is 61.2 Å². The van der Waals surface area contributed by atoms with Crippen LogP contribution in [0.2, 0.25) is 0 Å². The number of hydrogen-bond acceptors (Lipinski definition) is 3. The van der Waals surface area contributed by atoms with Crippen LogP contribution < -0.4 is 4.74 Å². The van der Waals surface area contributed by atoms with E-state index in [1.807, 2.05) is 13.0 Å². The number of rotatable bonds is 1. The molecule has 0 aromatic heterocycles. The van der Waals surface area contributed by atoms with Crippen molar-refractivity contribution < 1.29 is 14.9 Å². The van der Waals surface area contributed by atoms with Gasteiger partial charge < -0.3 is 14.9 Å². The van der Waals surface area contributed by atoms with Crippen LogP contribution in [-0.2, 0) is 6.42 Å². The molecule has 1 aliphatic heterocycles. The molecule has 0 aliphatic carbocycles. The normalized spacial score (nSPS) is 19.7. The van der Waals surface area contributed by atoms with Gasteiger partial charge in [-0.15, -0.1) is 0 Å². The summed E-state index contributed by atoms with van der Waals surface area (Å²) in [4.78, 5) is 0. The number of hydrogen-bond donors (Lipinski definition) is 2. The lowest BCUT2D eigenvalue weighted by molar-refractivity contribution is -0.0426. The summed E-state index contributed by atoms with van der Waals surface area (Å²) >= 11 is 3.39. The first kappa shape index (κ1) is 12.7. The van der Waals surface area contributed by atoms with E-state index in [4.69, 9.17) is 4.74 Å². The quantitative estimate of drug-likeness (QED) is 0.838. The van der Waals surface area contributed by atoms with Crippen LogP contribution in [0.15, 0.2) is 10.5 Å². The van der Waals surface area contributed by atoms with Crippen molar-refractivity contribution in [2.75, 3.05) is 0 Å². The fraction of sp³-hybridized carbons (Fsp3) is 0.538. The highest BCUT2D eigenvalue weighted by molar-refractivity contribution is 9.10. The number of benzene rings is 1. The summed E-state index contributed by atoms with van der Waals surface area (Å²) in [5.41, 5.74) is 0.899. The number of aliphatic hydroxyl groups is 1. The van der Waals surface area contributed by atoms with Crippen molar-refractivity contribution in [2.45, 2.75) is 45.3 Å². The number of aromatic hydroxyl groups is 1. The van der Waals surface area contributed by atoms with Gasteiger partial charge in [0.25, 0.3) is 0 Å². The number of phenols is 1. The molecule has 2 N–H and O–H groups in total. The minimum Gasteiger partial charge on any atom is -0.506 e. The molecule has 1 heterocycles. The highest BCUT2D eigenvalue weighted by Gasteiger charge is 2.33. The maximum Gasteiger partial charge on any atom is 0.133 e. The molecule has 0 radical (unpaired) electrons. The van der Waals surface area contributed by atoms with E-state index >= 15 is 0 Å². The van der Waals surface area contributed by atoms with Crippen molar-refractivity contribution in [2.24, 2.45) is 0 Å². The zero-order valence-corrected chi connectivity index (χ0v) is 11.8. The number of halogens is 1. The second kappa shape index (κ2) is 4.18. The van der Waals surface area contributed by atoms with Crippen LogP contribution >= 0.6 is 15.9 Å². The fourth-order valence-corrected chi connectivity index (χ4v) is 2.81. The van der Waals surface area contributed by atoms with Gasteiger partial charge in [0, 0.05) is 5.56 Å². The average molecular weight is 301 g/mol. The Morgan fingerprint density at radius 2 is 2.12 bits per heavy atom. The molecule has 0 amide bonds. The van der Waals surface area contributed by atoms with Crippen LogP contribution in [0, 0.1) is 6.92 Å². The van der Waals surface area contributed by atoms with E-state index in [0.717, 1.165) is 29.7 Å². The molecule has 1 unspecified atom stereocenters. The van der Waals surface area contributed by atoms with Gasteiger partial charge in [0.15, 0.2) is 0 Å². The monoisotopic (exact) mass is 300 g/mol. The Labute approximate surface area is 110 Å². The molecule has 1 atom stereocenters. The third kappa shape index (κ3) is 2.29. The van der Waals surface area contributed by atoms with E-state index in [1.165, 1.54) is 0 Å². The van der Waals surface area contributed by atoms with Crippen molar-refractivity contribution in [3.8, 4) is 11.5 Å². The van der Waals surface area contributed by atoms with E-state index in [1.54, 1.807) is 13.8 Å². The molecule has 0 fully saturated rings. The highest BCUT2D eigenvalue weighted by atomic mass is 79.9. The Morgan fingerprint density at radius 3 is 2.71 bits per heavy atom. The van der Waals surface area contributed by atoms with Crippen LogP contribution in [0.1, 0.15) is 31.4 Å². The molecule has 0 saturated heterocycles. The Morgan fingerprint density at radius 1 is 1.47 bits per heavy atom. The minimum absolute atomic E-state index is 0.203. The molecule has 0 spiro atoms. The third-order valence-electron chi connectivity index (χ3n) is 3.21. The topological polar surface area (TPSA) is 49.7 Å². The zero-order valence-electron chi connectivity index (χ0n) is 10.2. The van der Waals surface area contributed by atoms with Crippen molar-refractivity contribution in [3.05, 3.63) is 21.7 Å². The van der Waals surface area contributed by atoms with Gasteiger partial charge in [-0.25, -0.2) is 0 Å². The zero-order chi connectivity index (χ0) is 12.8. The lowest BCUT2D eigenvalue weighted by Gasteiger charge is -2.34. The molecule has 0 bridgehead atoms. The first-order chi connectivity index (χ1) is 7.80. The van der Waals surface area contributed by atoms with Crippen LogP contribution in [0.4, 0.5) is 0 Å². The molecule has 1 aromatic carbocycles. The van der Waals surface area contributed by atoms with E-state index in [-0.39, 0.29) is 11.9 Å². The Kier molecular flexibility index (Phi) is 3.12. The third-order valence-corrected chi connectivity index (χ3v) is 4.06. The van der Waals surface area contributed by atoms with Crippen molar-refractivity contribution >= 4 is 15.9 Å². The van der Waals surface area contributed by atoms with Gasteiger partial charge in [-0.1, -0.05) is 0 Å². The summed E-state index contributed by atoms with van der Waals surface area (Å²) in [5, 5.41) is 19.8. The van der Waals surface area contributed by atoms with Gasteiger partial charge in [-0.2, -0.15) is 0 Å². The molecule has 94 valence electrons. The number of aryl methyl sites for hydroxylation is 1. The van der Waals surface area contributed by atoms with Crippen LogP contribution in [0.5, 0.6) is 11.5 Å². The Hall–Kier alpha value is -0.740. The van der Waals surface area contributed by atoms with Crippen molar-refractivity contribution in [1.29, 1.82) is 0 Å². The Balaban J connectivity index is 2.40. The second-order valence-corrected chi connectivity index (χ2v) is 5.92. The van der Waals surface area contributed by atoms with E-state index in [2.05, 4.69) is 15.9 Å². The van der Waals surface area contributed by atoms with Crippen LogP contribution in [0.3, 0.4) is 0 Å². The number of fused-ring (bicyclic) bond motifs is 1. The molecular formula is C13H17BrO3. The summed E-state index contributed by atoms with van der Waals surface area (Å²) in [7, 11) is 0. The van der Waals surface area contributed by atoms with Gasteiger partial charge >= 0.3 is 0 Å². The second-order valence-electron chi connectivity index (χ2n) is 5.13. The number of ether oxygens (including phenoxy) is 1. The molecule has 1 aliphatic rings. The highest BCUT2D eigenvalue weighted by Crippen LogP contribution is 2.42. The number of phenolic OH excluding ortho intramolecular Hbond substituents is 1. The maximum absolute atomic E-state index is 9.98. The molecule has 1 aromatic rings. The van der Waals surface area contributed by atoms with Crippen LogP contribution in [-0.4, -0.2) is 21.9 Å². The van der Waals surface area contributed by atoms with Gasteiger partial charge in [-0.3, -0.25) is 0 Å². The largest absolute Gasteiger partial charge is 0.506 e. The maximum atomic E-state index is 9.98. The first-order valence-corrected chi connectivity index (χ1v) is 6.50. The van der Waals surface area contributed by atoms with E-state index in [0.29, 0.717) is 4.47 Å². The summed E-state index contributed by atoms with van der Waals surface area (Å²) in [6.07, 6.45) is 1.33. The molecule has 0 saturated carbocycles. The summed E-state index contributed by atoms with van der Waals surface area (Å²) < 4.78 is 6.53. The first-order valence-electron chi connectivity index (χ1n) is 5.70. The van der Waals surface area contributed by atoms with Crippen LogP contribution in [0.25, 0.3) is 0 Å². The van der Waals surface area contributed by atoms with Crippen molar-refractivity contribution in [3.63, 3.8) is 0 Å². The predicted octanol–water partition coefficient (Wildman–Crippen LogP) is 2.93. The lowest BCUT2D eigenvalue weighted by atomic mass is 9.92. The molecule has 17 heavy (non-hydrogen) atoms. The predicted molar refractivity (Wildman–Crippen MR) is 69.6 cm³/mol. The fourth-order valence-electron chi connectivity index (χ4n) is 2.10. The molecule has 4 heteroatoms. The van der Waals surface area contributed by atoms with Gasteiger partial charge in [0.05, 0.1) is 10.1 Å². The van der Waals surface area contributed by atoms with E-state index in [9.17, 15) is 10.2 Å². The SMILES string of the molecule is Cc1cc2c(c(Br)c1O)CCC(C(C)(C)O)O2. The summed E-state index contributed by atoms with van der Waals surface area (Å²) in [6, 6.07) is 1.83. The lowest BCUT2D eigenvalue weighted by Crippen LogP contribution is -2.42. The smallest absolute Gasteiger partial charge is 0.133 e. The van der Waals surface area contributed by atoms with E-state index < -0.39 is 5.60 Å². The summed E-state index contributed by atoms with van der Waals surface area (Å²) in [6.45, 7) is 5.34. The standard InChI is InChI=1S/C13H17BrO3/c1-7-6-9-8(11(14)12(7)15)4-5-10(17-9)13(2,3)16/h6,10,15-16H,4-5H2,1-3H3. The summed E-state index contributed by atoms with van der Waals surface area (Å²) in [5.74, 6) is 1.03.